The quantitative estimate of drug-likeness (QED) is 0.926. The average molecular weight is 299 g/mol. The van der Waals surface area contributed by atoms with Crippen LogP contribution in [-0.4, -0.2) is 36.5 Å². The van der Waals surface area contributed by atoms with Gasteiger partial charge in [0, 0.05) is 19.1 Å². The van der Waals surface area contributed by atoms with Crippen LogP contribution in [0.15, 0.2) is 30.3 Å². The van der Waals surface area contributed by atoms with Crippen molar-refractivity contribution in [1.82, 2.24) is 4.90 Å². The molecule has 2 rings (SSSR count). The largest absolute Gasteiger partial charge is 0.493 e. The monoisotopic (exact) mass is 298 g/mol. The third-order valence-corrected chi connectivity index (χ3v) is 3.65. The molecule has 1 fully saturated rings. The fourth-order valence-corrected chi connectivity index (χ4v) is 2.32. The Labute approximate surface area is 126 Å². The van der Waals surface area contributed by atoms with Gasteiger partial charge in [-0.25, -0.2) is 0 Å². The van der Waals surface area contributed by atoms with E-state index in [0.717, 1.165) is 25.3 Å². The molecule has 0 aromatic heterocycles. The molecule has 1 amide bonds. The summed E-state index contributed by atoms with van der Waals surface area (Å²) >= 11 is 0. The van der Waals surface area contributed by atoms with Crippen molar-refractivity contribution in [1.29, 1.82) is 0 Å². The first-order valence-corrected chi connectivity index (χ1v) is 6.88. The molecule has 2 atom stereocenters. The first-order valence-electron chi connectivity index (χ1n) is 6.88. The second-order valence-electron chi connectivity index (χ2n) is 5.18. The van der Waals surface area contributed by atoms with Crippen LogP contribution in [0.25, 0.3) is 0 Å². The summed E-state index contributed by atoms with van der Waals surface area (Å²) in [5, 5.41) is 0. The number of halogens is 1. The number of nitrogens with two attached hydrogens (primary N) is 1. The molecule has 0 bridgehead atoms. The van der Waals surface area contributed by atoms with Crippen LogP contribution in [0.4, 0.5) is 0 Å². The van der Waals surface area contributed by atoms with Gasteiger partial charge in [0.05, 0.1) is 13.0 Å². The Kier molecular flexibility index (Phi) is 6.82. The van der Waals surface area contributed by atoms with Crippen molar-refractivity contribution in [3.8, 4) is 5.75 Å². The molecule has 0 saturated carbocycles. The normalized spacial score (nSPS) is 22.0. The van der Waals surface area contributed by atoms with Crippen LogP contribution in [0.5, 0.6) is 5.75 Å². The van der Waals surface area contributed by atoms with Gasteiger partial charge in [-0.1, -0.05) is 25.1 Å². The Morgan fingerprint density at radius 2 is 2.10 bits per heavy atom. The zero-order chi connectivity index (χ0) is 13.7. The van der Waals surface area contributed by atoms with E-state index >= 15 is 0 Å². The third-order valence-electron chi connectivity index (χ3n) is 3.65. The lowest BCUT2D eigenvalue weighted by atomic mass is 9.95. The van der Waals surface area contributed by atoms with Gasteiger partial charge in [-0.3, -0.25) is 4.79 Å². The molecule has 20 heavy (non-hydrogen) atoms. The summed E-state index contributed by atoms with van der Waals surface area (Å²) in [6, 6.07) is 9.80. The minimum absolute atomic E-state index is 0. The van der Waals surface area contributed by atoms with E-state index < -0.39 is 0 Å². The molecular formula is C15H23ClN2O2. The van der Waals surface area contributed by atoms with E-state index in [2.05, 4.69) is 6.92 Å². The zero-order valence-corrected chi connectivity index (χ0v) is 12.6. The Morgan fingerprint density at radius 3 is 2.75 bits per heavy atom. The number of para-hydroxylation sites is 1. The molecule has 2 N–H and O–H groups in total. The molecule has 1 aliphatic heterocycles. The van der Waals surface area contributed by atoms with Crippen LogP contribution in [0.1, 0.15) is 19.8 Å². The van der Waals surface area contributed by atoms with E-state index in [1.165, 1.54) is 0 Å². The molecule has 0 radical (unpaired) electrons. The number of hydrogen-bond acceptors (Lipinski definition) is 3. The van der Waals surface area contributed by atoms with Crippen molar-refractivity contribution in [3.63, 3.8) is 0 Å². The van der Waals surface area contributed by atoms with Crippen LogP contribution >= 0.6 is 12.4 Å². The number of amides is 1. The summed E-state index contributed by atoms with van der Waals surface area (Å²) < 4.78 is 5.54. The van der Waals surface area contributed by atoms with Gasteiger partial charge in [-0.2, -0.15) is 0 Å². The van der Waals surface area contributed by atoms with Gasteiger partial charge in [0.2, 0.25) is 5.91 Å². The van der Waals surface area contributed by atoms with Crippen molar-refractivity contribution in [3.05, 3.63) is 30.3 Å². The highest BCUT2D eigenvalue weighted by atomic mass is 35.5. The van der Waals surface area contributed by atoms with Crippen molar-refractivity contribution in [2.24, 2.45) is 11.7 Å². The standard InChI is InChI=1S/C15H22N2O2.ClH/c1-12-11-17(9-7-14(12)16)15(18)8-10-19-13-5-3-2-4-6-13;/h2-6,12,14H,7-11,16H2,1H3;1H. The first-order chi connectivity index (χ1) is 9.16. The van der Waals surface area contributed by atoms with E-state index in [-0.39, 0.29) is 24.4 Å². The molecular weight excluding hydrogens is 276 g/mol. The van der Waals surface area contributed by atoms with Gasteiger partial charge in [0.1, 0.15) is 5.75 Å². The molecule has 4 nitrogen and oxygen atoms in total. The van der Waals surface area contributed by atoms with Crippen LogP contribution in [0.2, 0.25) is 0 Å². The predicted molar refractivity (Wildman–Crippen MR) is 82.1 cm³/mol. The zero-order valence-electron chi connectivity index (χ0n) is 11.8. The Morgan fingerprint density at radius 1 is 1.40 bits per heavy atom. The highest BCUT2D eigenvalue weighted by Gasteiger charge is 2.25. The second-order valence-corrected chi connectivity index (χ2v) is 5.18. The molecule has 0 aliphatic carbocycles. The smallest absolute Gasteiger partial charge is 0.226 e. The lowest BCUT2D eigenvalue weighted by Crippen LogP contribution is -2.48. The number of hydrogen-bond donors (Lipinski definition) is 1. The van der Waals surface area contributed by atoms with Gasteiger partial charge < -0.3 is 15.4 Å². The van der Waals surface area contributed by atoms with Crippen molar-refractivity contribution >= 4 is 18.3 Å². The lowest BCUT2D eigenvalue weighted by molar-refractivity contribution is -0.133. The molecule has 1 aromatic carbocycles. The number of piperidine rings is 1. The maximum absolute atomic E-state index is 12.0. The molecule has 5 heteroatoms. The maximum atomic E-state index is 12.0. The number of rotatable bonds is 4. The molecule has 2 unspecified atom stereocenters. The van der Waals surface area contributed by atoms with Crippen LogP contribution in [0, 0.1) is 5.92 Å². The Bertz CT molecular complexity index is 414. The summed E-state index contributed by atoms with van der Waals surface area (Å²) in [7, 11) is 0. The number of benzene rings is 1. The Hall–Kier alpha value is -1.26. The number of carbonyl (C=O) groups is 1. The van der Waals surface area contributed by atoms with E-state index in [0.29, 0.717) is 18.9 Å². The fraction of sp³-hybridized carbons (Fsp3) is 0.533. The molecule has 1 aliphatic rings. The summed E-state index contributed by atoms with van der Waals surface area (Å²) in [6.07, 6.45) is 1.32. The maximum Gasteiger partial charge on any atom is 0.226 e. The number of carbonyl (C=O) groups excluding carboxylic acids is 1. The van der Waals surface area contributed by atoms with E-state index in [4.69, 9.17) is 10.5 Å². The van der Waals surface area contributed by atoms with Gasteiger partial charge in [0.25, 0.3) is 0 Å². The van der Waals surface area contributed by atoms with Gasteiger partial charge in [0.15, 0.2) is 0 Å². The average Bonchev–Trinajstić information content (AvgIpc) is 2.43. The minimum atomic E-state index is 0. The number of likely N-dealkylation sites (tertiary alicyclic amines) is 1. The molecule has 112 valence electrons. The summed E-state index contributed by atoms with van der Waals surface area (Å²) in [4.78, 5) is 14.0. The minimum Gasteiger partial charge on any atom is -0.493 e. The molecule has 1 heterocycles. The lowest BCUT2D eigenvalue weighted by Gasteiger charge is -2.35. The van der Waals surface area contributed by atoms with Crippen LogP contribution in [-0.2, 0) is 4.79 Å². The second kappa shape index (κ2) is 8.12. The summed E-state index contributed by atoms with van der Waals surface area (Å²) in [6.45, 7) is 4.07. The first kappa shape index (κ1) is 16.8. The summed E-state index contributed by atoms with van der Waals surface area (Å²) in [5.74, 6) is 1.35. The van der Waals surface area contributed by atoms with Crippen molar-refractivity contribution in [2.75, 3.05) is 19.7 Å². The van der Waals surface area contributed by atoms with Crippen LogP contribution in [0.3, 0.4) is 0 Å². The Balaban J connectivity index is 0.00000200. The van der Waals surface area contributed by atoms with E-state index in [1.54, 1.807) is 0 Å². The van der Waals surface area contributed by atoms with Gasteiger partial charge in [-0.05, 0) is 24.5 Å². The molecule has 1 aromatic rings. The van der Waals surface area contributed by atoms with Crippen molar-refractivity contribution < 1.29 is 9.53 Å². The van der Waals surface area contributed by atoms with Gasteiger partial charge in [-0.15, -0.1) is 12.4 Å². The molecule has 1 saturated heterocycles. The van der Waals surface area contributed by atoms with E-state index in [9.17, 15) is 4.79 Å². The highest BCUT2D eigenvalue weighted by molar-refractivity contribution is 5.85. The topological polar surface area (TPSA) is 55.6 Å². The molecule has 0 spiro atoms. The summed E-state index contributed by atoms with van der Waals surface area (Å²) in [5.41, 5.74) is 5.95. The third kappa shape index (κ3) is 4.69. The highest BCUT2D eigenvalue weighted by Crippen LogP contribution is 2.16. The number of ether oxygens (including phenoxy) is 1. The fourth-order valence-electron chi connectivity index (χ4n) is 2.32. The van der Waals surface area contributed by atoms with Gasteiger partial charge >= 0.3 is 0 Å². The SMILES string of the molecule is CC1CN(C(=O)CCOc2ccccc2)CCC1N.Cl. The van der Waals surface area contributed by atoms with Crippen molar-refractivity contribution in [2.45, 2.75) is 25.8 Å². The van der Waals surface area contributed by atoms with Crippen LogP contribution < -0.4 is 10.5 Å². The number of nitrogens with zero attached hydrogens (tertiary/aromatic N) is 1. The predicted octanol–water partition coefficient (Wildman–Crippen LogP) is 2.07. The van der Waals surface area contributed by atoms with E-state index in [1.807, 2.05) is 35.2 Å².